The van der Waals surface area contributed by atoms with Crippen molar-refractivity contribution in [2.45, 2.75) is 6.54 Å². The van der Waals surface area contributed by atoms with Gasteiger partial charge in [-0.3, -0.25) is 0 Å². The number of phenols is 1. The molecule has 1 aromatic carbocycles. The molecule has 0 atom stereocenters. The van der Waals surface area contributed by atoms with Crippen LogP contribution in [0.15, 0.2) is 29.8 Å². The van der Waals surface area contributed by atoms with Crippen molar-refractivity contribution in [3.63, 3.8) is 0 Å². The van der Waals surface area contributed by atoms with Crippen LogP contribution in [-0.2, 0) is 6.54 Å². The summed E-state index contributed by atoms with van der Waals surface area (Å²) in [5.41, 5.74) is 0.625. The molecule has 0 aliphatic carbocycles. The number of hydrogen-bond donors (Lipinski definition) is 2. The highest BCUT2D eigenvalue weighted by Crippen LogP contribution is 2.19. The summed E-state index contributed by atoms with van der Waals surface area (Å²) in [5, 5.41) is 14.8. The summed E-state index contributed by atoms with van der Waals surface area (Å²) in [4.78, 5) is 4.08. The molecule has 0 saturated carbocycles. The normalized spacial score (nSPS) is 10.2. The Bertz CT molecular complexity index is 445. The SMILES string of the molecule is Oc1ccc(NCc2nccs2)cc1F. The fourth-order valence-corrected chi connectivity index (χ4v) is 1.69. The van der Waals surface area contributed by atoms with Crippen LogP contribution in [-0.4, -0.2) is 10.1 Å². The number of benzene rings is 1. The topological polar surface area (TPSA) is 45.1 Å². The molecule has 3 nitrogen and oxygen atoms in total. The van der Waals surface area contributed by atoms with E-state index in [0.717, 1.165) is 5.01 Å². The van der Waals surface area contributed by atoms with Crippen LogP contribution < -0.4 is 5.32 Å². The van der Waals surface area contributed by atoms with Crippen molar-refractivity contribution >= 4 is 17.0 Å². The molecule has 2 aromatic rings. The minimum atomic E-state index is -0.626. The van der Waals surface area contributed by atoms with E-state index in [2.05, 4.69) is 10.3 Å². The van der Waals surface area contributed by atoms with Gasteiger partial charge in [0.15, 0.2) is 11.6 Å². The lowest BCUT2D eigenvalue weighted by Gasteiger charge is -2.04. The molecule has 0 spiro atoms. The van der Waals surface area contributed by atoms with Gasteiger partial charge in [0.1, 0.15) is 5.01 Å². The van der Waals surface area contributed by atoms with E-state index in [1.54, 1.807) is 12.3 Å². The number of aromatic hydroxyl groups is 1. The van der Waals surface area contributed by atoms with E-state index in [-0.39, 0.29) is 5.75 Å². The smallest absolute Gasteiger partial charge is 0.166 e. The van der Waals surface area contributed by atoms with E-state index < -0.39 is 5.82 Å². The number of halogens is 1. The first-order valence-corrected chi connectivity index (χ1v) is 5.24. The quantitative estimate of drug-likeness (QED) is 0.788. The maximum Gasteiger partial charge on any atom is 0.166 e. The van der Waals surface area contributed by atoms with Crippen LogP contribution in [0.5, 0.6) is 5.75 Å². The summed E-state index contributed by atoms with van der Waals surface area (Å²) in [5.74, 6) is -0.964. The minimum absolute atomic E-state index is 0.338. The van der Waals surface area contributed by atoms with Crippen LogP contribution in [0.3, 0.4) is 0 Å². The lowest BCUT2D eigenvalue weighted by molar-refractivity contribution is 0.432. The Morgan fingerprint density at radius 2 is 2.33 bits per heavy atom. The average molecular weight is 224 g/mol. The van der Waals surface area contributed by atoms with Gasteiger partial charge in [-0.2, -0.15) is 0 Å². The van der Waals surface area contributed by atoms with E-state index in [4.69, 9.17) is 5.11 Å². The van der Waals surface area contributed by atoms with Crippen LogP contribution in [0.4, 0.5) is 10.1 Å². The van der Waals surface area contributed by atoms with Crippen molar-refractivity contribution in [2.24, 2.45) is 0 Å². The summed E-state index contributed by atoms with van der Waals surface area (Å²) >= 11 is 1.53. The van der Waals surface area contributed by atoms with Gasteiger partial charge in [0.2, 0.25) is 0 Å². The molecular formula is C10H9FN2OS. The molecule has 2 N–H and O–H groups in total. The summed E-state index contributed by atoms with van der Waals surface area (Å²) in [7, 11) is 0. The molecule has 0 aliphatic rings. The predicted molar refractivity (Wildman–Crippen MR) is 57.5 cm³/mol. The fourth-order valence-electron chi connectivity index (χ4n) is 1.13. The van der Waals surface area contributed by atoms with E-state index in [9.17, 15) is 4.39 Å². The van der Waals surface area contributed by atoms with Gasteiger partial charge in [0, 0.05) is 23.3 Å². The Morgan fingerprint density at radius 1 is 1.47 bits per heavy atom. The molecule has 1 aromatic heterocycles. The molecule has 2 rings (SSSR count). The third kappa shape index (κ3) is 2.44. The molecule has 0 bridgehead atoms. The van der Waals surface area contributed by atoms with Gasteiger partial charge >= 0.3 is 0 Å². The third-order valence-corrected chi connectivity index (χ3v) is 2.65. The monoisotopic (exact) mass is 224 g/mol. The third-order valence-electron chi connectivity index (χ3n) is 1.87. The van der Waals surface area contributed by atoms with Gasteiger partial charge in [-0.25, -0.2) is 9.37 Å². The van der Waals surface area contributed by atoms with Crippen molar-refractivity contribution in [1.29, 1.82) is 0 Å². The molecule has 0 unspecified atom stereocenters. The highest BCUT2D eigenvalue weighted by Gasteiger charge is 2.01. The number of hydrogen-bond acceptors (Lipinski definition) is 4. The van der Waals surface area contributed by atoms with Gasteiger partial charge in [0.05, 0.1) is 6.54 Å². The van der Waals surface area contributed by atoms with Gasteiger partial charge in [0.25, 0.3) is 0 Å². The molecule has 78 valence electrons. The lowest BCUT2D eigenvalue weighted by atomic mass is 10.3. The van der Waals surface area contributed by atoms with Crippen molar-refractivity contribution < 1.29 is 9.50 Å². The van der Waals surface area contributed by atoms with Crippen molar-refractivity contribution in [2.75, 3.05) is 5.32 Å². The molecule has 0 fully saturated rings. The molecule has 1 heterocycles. The zero-order chi connectivity index (χ0) is 10.7. The van der Waals surface area contributed by atoms with Crippen molar-refractivity contribution in [3.05, 3.63) is 40.6 Å². The summed E-state index contributed by atoms with van der Waals surface area (Å²) < 4.78 is 12.9. The molecule has 5 heteroatoms. The molecule has 0 saturated heterocycles. The van der Waals surface area contributed by atoms with Gasteiger partial charge < -0.3 is 10.4 Å². The van der Waals surface area contributed by atoms with Crippen LogP contribution in [0.25, 0.3) is 0 Å². The van der Waals surface area contributed by atoms with Crippen LogP contribution >= 0.6 is 11.3 Å². The van der Waals surface area contributed by atoms with Gasteiger partial charge in [-0.1, -0.05) is 0 Å². The van der Waals surface area contributed by atoms with Gasteiger partial charge in [-0.05, 0) is 12.1 Å². The number of thiazole rings is 1. The second-order valence-corrected chi connectivity index (χ2v) is 3.92. The number of nitrogens with zero attached hydrogens (tertiary/aromatic N) is 1. The molecule has 0 aliphatic heterocycles. The van der Waals surface area contributed by atoms with Crippen LogP contribution in [0, 0.1) is 5.82 Å². The second-order valence-electron chi connectivity index (χ2n) is 2.95. The average Bonchev–Trinajstić information content (AvgIpc) is 2.73. The van der Waals surface area contributed by atoms with E-state index >= 15 is 0 Å². The van der Waals surface area contributed by atoms with E-state index in [1.807, 2.05) is 5.38 Å². The predicted octanol–water partition coefficient (Wildman–Crippen LogP) is 2.60. The molecule has 15 heavy (non-hydrogen) atoms. The van der Waals surface area contributed by atoms with E-state index in [1.165, 1.54) is 23.5 Å². The lowest BCUT2D eigenvalue weighted by Crippen LogP contribution is -1.98. The summed E-state index contributed by atoms with van der Waals surface area (Å²) in [6.45, 7) is 0.557. The first-order valence-electron chi connectivity index (χ1n) is 4.36. The first kappa shape index (κ1) is 9.92. The number of phenolic OH excluding ortho intramolecular Hbond substituents is 1. The summed E-state index contributed by atoms with van der Waals surface area (Å²) in [6.07, 6.45) is 1.72. The highest BCUT2D eigenvalue weighted by atomic mass is 32.1. The Hall–Kier alpha value is -1.62. The molecular weight excluding hydrogens is 215 g/mol. The Kier molecular flexibility index (Phi) is 2.82. The second kappa shape index (κ2) is 4.27. The van der Waals surface area contributed by atoms with Crippen LogP contribution in [0.2, 0.25) is 0 Å². The van der Waals surface area contributed by atoms with Crippen molar-refractivity contribution in [1.82, 2.24) is 4.98 Å². The zero-order valence-corrected chi connectivity index (χ0v) is 8.59. The molecule has 0 amide bonds. The Labute approximate surface area is 90.2 Å². The zero-order valence-electron chi connectivity index (χ0n) is 7.77. The number of nitrogens with one attached hydrogen (secondary N) is 1. The van der Waals surface area contributed by atoms with Gasteiger partial charge in [-0.15, -0.1) is 11.3 Å². The largest absolute Gasteiger partial charge is 0.505 e. The highest BCUT2D eigenvalue weighted by molar-refractivity contribution is 7.09. The van der Waals surface area contributed by atoms with Crippen LogP contribution in [0.1, 0.15) is 5.01 Å². The fraction of sp³-hybridized carbons (Fsp3) is 0.100. The first-order chi connectivity index (χ1) is 7.25. The standard InChI is InChI=1S/C10H9FN2OS/c11-8-5-7(1-2-9(8)14)13-6-10-12-3-4-15-10/h1-5,13-14H,6H2. The number of anilines is 1. The Balaban J connectivity index is 2.02. The maximum atomic E-state index is 12.9. The van der Waals surface area contributed by atoms with Crippen molar-refractivity contribution in [3.8, 4) is 5.75 Å². The number of aromatic nitrogens is 1. The number of rotatable bonds is 3. The van der Waals surface area contributed by atoms with E-state index in [0.29, 0.717) is 12.2 Å². The molecule has 0 radical (unpaired) electrons. The summed E-state index contributed by atoms with van der Waals surface area (Å²) in [6, 6.07) is 4.19. The Morgan fingerprint density at radius 3 is 3.00 bits per heavy atom. The minimum Gasteiger partial charge on any atom is -0.505 e. The maximum absolute atomic E-state index is 12.9.